The fourth-order valence-electron chi connectivity index (χ4n) is 2.96. The van der Waals surface area contributed by atoms with Crippen LogP contribution < -0.4 is 5.32 Å². The van der Waals surface area contributed by atoms with Crippen molar-refractivity contribution in [1.29, 1.82) is 0 Å². The molecule has 0 fully saturated rings. The second-order valence-corrected chi connectivity index (χ2v) is 6.12. The summed E-state index contributed by atoms with van der Waals surface area (Å²) in [5.74, 6) is 0.492. The molecule has 0 saturated carbocycles. The van der Waals surface area contributed by atoms with Gasteiger partial charge in [-0.25, -0.2) is 0 Å². The third kappa shape index (κ3) is 7.61. The van der Waals surface area contributed by atoms with Crippen LogP contribution in [0, 0.1) is 0 Å². The van der Waals surface area contributed by atoms with Crippen LogP contribution in [-0.4, -0.2) is 17.6 Å². The summed E-state index contributed by atoms with van der Waals surface area (Å²) in [5, 5.41) is 3.65. The molecule has 2 nitrogen and oxygen atoms in total. The molecule has 1 aromatic rings. The van der Waals surface area contributed by atoms with Gasteiger partial charge in [0.05, 0.1) is 0 Å². The Balaban J connectivity index is 2.29. The maximum absolute atomic E-state index is 4.52. The van der Waals surface area contributed by atoms with Crippen LogP contribution in [0.2, 0.25) is 0 Å². The zero-order chi connectivity index (χ0) is 15.3. The van der Waals surface area contributed by atoms with Gasteiger partial charge in [-0.3, -0.25) is 4.98 Å². The van der Waals surface area contributed by atoms with E-state index in [2.05, 4.69) is 43.2 Å². The minimum atomic E-state index is 0.492. The first kappa shape index (κ1) is 18.2. The van der Waals surface area contributed by atoms with E-state index in [1.165, 1.54) is 57.1 Å². The Bertz CT molecular complexity index is 337. The Hall–Kier alpha value is -0.890. The average molecular weight is 290 g/mol. The van der Waals surface area contributed by atoms with Gasteiger partial charge in [0.25, 0.3) is 0 Å². The first-order valence-corrected chi connectivity index (χ1v) is 8.93. The number of likely N-dealkylation sites (N-methyl/N-ethyl adjacent to an activating group) is 1. The fraction of sp³-hybridized carbons (Fsp3) is 0.737. The van der Waals surface area contributed by atoms with Crippen molar-refractivity contribution in [2.75, 3.05) is 6.54 Å². The van der Waals surface area contributed by atoms with Crippen molar-refractivity contribution in [3.63, 3.8) is 0 Å². The largest absolute Gasteiger partial charge is 0.314 e. The molecule has 0 aliphatic carbocycles. The molecule has 1 heterocycles. The lowest BCUT2D eigenvalue weighted by Crippen LogP contribution is -2.34. The summed E-state index contributed by atoms with van der Waals surface area (Å²) in [6.07, 6.45) is 12.8. The molecule has 0 bridgehead atoms. The topological polar surface area (TPSA) is 24.9 Å². The van der Waals surface area contributed by atoms with Crippen molar-refractivity contribution in [3.05, 3.63) is 30.1 Å². The Morgan fingerprint density at radius 2 is 1.71 bits per heavy atom. The highest BCUT2D eigenvalue weighted by atomic mass is 14.9. The Morgan fingerprint density at radius 3 is 2.33 bits per heavy atom. The van der Waals surface area contributed by atoms with Gasteiger partial charge in [-0.1, -0.05) is 71.8 Å². The third-order valence-electron chi connectivity index (χ3n) is 4.34. The molecule has 1 rings (SSSR count). The smallest absolute Gasteiger partial charge is 0.0447 e. The summed E-state index contributed by atoms with van der Waals surface area (Å²) >= 11 is 0. The third-order valence-corrected chi connectivity index (χ3v) is 4.34. The van der Waals surface area contributed by atoms with Crippen LogP contribution in [0.1, 0.15) is 83.7 Å². The Morgan fingerprint density at radius 1 is 1.00 bits per heavy atom. The van der Waals surface area contributed by atoms with Crippen molar-refractivity contribution in [1.82, 2.24) is 10.3 Å². The lowest BCUT2D eigenvalue weighted by Gasteiger charge is -2.24. The molecule has 0 spiro atoms. The number of nitrogens with zero attached hydrogens (tertiary/aromatic N) is 1. The predicted octanol–water partition coefficient (Wildman–Crippen LogP) is 5.30. The highest BCUT2D eigenvalue weighted by Crippen LogP contribution is 2.21. The van der Waals surface area contributed by atoms with Gasteiger partial charge in [-0.2, -0.15) is 0 Å². The number of aromatic nitrogens is 1. The normalized spacial score (nSPS) is 14.0. The minimum Gasteiger partial charge on any atom is -0.314 e. The number of pyridine rings is 1. The van der Waals surface area contributed by atoms with E-state index < -0.39 is 0 Å². The zero-order valence-corrected chi connectivity index (χ0v) is 14.3. The van der Waals surface area contributed by atoms with Crippen LogP contribution in [0.15, 0.2) is 24.4 Å². The number of hydrogen-bond acceptors (Lipinski definition) is 2. The van der Waals surface area contributed by atoms with Crippen LogP contribution in [0.5, 0.6) is 0 Å². The molecule has 0 saturated heterocycles. The Labute approximate surface area is 131 Å². The van der Waals surface area contributed by atoms with E-state index in [0.29, 0.717) is 12.0 Å². The second-order valence-electron chi connectivity index (χ2n) is 6.12. The van der Waals surface area contributed by atoms with E-state index in [0.717, 1.165) is 6.54 Å². The number of nitrogens with one attached hydrogen (secondary N) is 1. The molecule has 0 aromatic carbocycles. The number of unbranched alkanes of at least 4 members (excludes halogenated alkanes) is 6. The summed E-state index contributed by atoms with van der Waals surface area (Å²) in [7, 11) is 0. The summed E-state index contributed by atoms with van der Waals surface area (Å²) in [5.41, 5.74) is 1.21. The average Bonchev–Trinajstić information content (AvgIpc) is 2.53. The van der Waals surface area contributed by atoms with Gasteiger partial charge in [0.2, 0.25) is 0 Å². The lowest BCUT2D eigenvalue weighted by molar-refractivity contribution is 0.408. The van der Waals surface area contributed by atoms with Gasteiger partial charge in [0.1, 0.15) is 0 Å². The Kier molecular flexibility index (Phi) is 10.1. The lowest BCUT2D eigenvalue weighted by atomic mass is 9.92. The zero-order valence-electron chi connectivity index (χ0n) is 14.3. The van der Waals surface area contributed by atoms with Crippen LogP contribution in [0.4, 0.5) is 0 Å². The maximum Gasteiger partial charge on any atom is 0.0447 e. The van der Waals surface area contributed by atoms with Gasteiger partial charge < -0.3 is 5.32 Å². The highest BCUT2D eigenvalue weighted by molar-refractivity contribution is 5.11. The number of rotatable bonds is 12. The summed E-state index contributed by atoms with van der Waals surface area (Å²) in [4.78, 5) is 4.52. The SMILES string of the molecule is CCCCCCCCCC(NCC)C(C)c1ccccn1. The van der Waals surface area contributed by atoms with Gasteiger partial charge >= 0.3 is 0 Å². The van der Waals surface area contributed by atoms with Crippen molar-refractivity contribution in [2.45, 2.75) is 84.1 Å². The van der Waals surface area contributed by atoms with Gasteiger partial charge in [0.15, 0.2) is 0 Å². The minimum absolute atomic E-state index is 0.492. The molecule has 2 atom stereocenters. The summed E-state index contributed by atoms with van der Waals surface area (Å²) in [6, 6.07) is 6.80. The molecule has 0 amide bonds. The first-order valence-electron chi connectivity index (χ1n) is 8.93. The molecule has 0 aliphatic rings. The molecular formula is C19H34N2. The predicted molar refractivity (Wildman–Crippen MR) is 92.7 cm³/mol. The van der Waals surface area contributed by atoms with Crippen LogP contribution in [0.25, 0.3) is 0 Å². The van der Waals surface area contributed by atoms with E-state index in [1.807, 2.05) is 12.3 Å². The van der Waals surface area contributed by atoms with Crippen molar-refractivity contribution in [3.8, 4) is 0 Å². The first-order chi connectivity index (χ1) is 10.3. The standard InChI is InChI=1S/C19H34N2/c1-4-6-7-8-9-10-11-14-18(20-5-2)17(3)19-15-12-13-16-21-19/h12-13,15-18,20H,4-11,14H2,1-3H3. The van der Waals surface area contributed by atoms with E-state index in [9.17, 15) is 0 Å². The maximum atomic E-state index is 4.52. The summed E-state index contributed by atoms with van der Waals surface area (Å²) in [6.45, 7) is 7.82. The molecule has 21 heavy (non-hydrogen) atoms. The monoisotopic (exact) mass is 290 g/mol. The van der Waals surface area contributed by atoms with Crippen LogP contribution in [-0.2, 0) is 0 Å². The quantitative estimate of drug-likeness (QED) is 0.528. The molecule has 1 N–H and O–H groups in total. The van der Waals surface area contributed by atoms with E-state index >= 15 is 0 Å². The van der Waals surface area contributed by atoms with Crippen molar-refractivity contribution in [2.24, 2.45) is 0 Å². The molecule has 0 aliphatic heterocycles. The fourth-order valence-corrected chi connectivity index (χ4v) is 2.96. The summed E-state index contributed by atoms with van der Waals surface area (Å²) < 4.78 is 0. The van der Waals surface area contributed by atoms with E-state index in [4.69, 9.17) is 0 Å². The van der Waals surface area contributed by atoms with E-state index in [-0.39, 0.29) is 0 Å². The van der Waals surface area contributed by atoms with Gasteiger partial charge in [0, 0.05) is 23.9 Å². The van der Waals surface area contributed by atoms with Crippen LogP contribution >= 0.6 is 0 Å². The second kappa shape index (κ2) is 11.7. The molecule has 2 unspecified atom stereocenters. The van der Waals surface area contributed by atoms with Gasteiger partial charge in [-0.05, 0) is 25.1 Å². The van der Waals surface area contributed by atoms with E-state index in [1.54, 1.807) is 0 Å². The van der Waals surface area contributed by atoms with Crippen molar-refractivity contribution >= 4 is 0 Å². The van der Waals surface area contributed by atoms with Crippen molar-refractivity contribution < 1.29 is 0 Å². The molecule has 120 valence electrons. The van der Waals surface area contributed by atoms with Crippen LogP contribution in [0.3, 0.4) is 0 Å². The molecule has 2 heteroatoms. The van der Waals surface area contributed by atoms with Gasteiger partial charge in [-0.15, -0.1) is 0 Å². The molecule has 1 aromatic heterocycles. The number of hydrogen-bond donors (Lipinski definition) is 1. The molecular weight excluding hydrogens is 256 g/mol. The molecule has 0 radical (unpaired) electrons. The highest BCUT2D eigenvalue weighted by Gasteiger charge is 2.18.